The van der Waals surface area contributed by atoms with Crippen molar-refractivity contribution in [3.05, 3.63) is 116 Å². The molecule has 216 valence electrons. The predicted octanol–water partition coefficient (Wildman–Crippen LogP) is 5.04. The molecule has 0 spiro atoms. The zero-order valence-corrected chi connectivity index (χ0v) is 25.0. The summed E-state index contributed by atoms with van der Waals surface area (Å²) < 4.78 is 1.59. The van der Waals surface area contributed by atoms with Crippen LogP contribution in [0.3, 0.4) is 0 Å². The third kappa shape index (κ3) is 7.07. The van der Waals surface area contributed by atoms with E-state index in [1.54, 1.807) is 16.8 Å². The van der Waals surface area contributed by atoms with Crippen LogP contribution < -0.4 is 21.9 Å². The Bertz CT molecular complexity index is 1510. The number of fused-ring (bicyclic) bond motifs is 1. The van der Waals surface area contributed by atoms with Crippen molar-refractivity contribution in [3.63, 3.8) is 0 Å². The van der Waals surface area contributed by atoms with Gasteiger partial charge in [-0.05, 0) is 56.4 Å². The number of halogens is 2. The highest BCUT2D eigenvalue weighted by atomic mass is 35.5. The van der Waals surface area contributed by atoms with Crippen LogP contribution in [0, 0.1) is 20.8 Å². The van der Waals surface area contributed by atoms with Gasteiger partial charge in [-0.1, -0.05) is 65.7 Å². The molecule has 2 aromatic heterocycles. The van der Waals surface area contributed by atoms with Crippen LogP contribution in [0.2, 0.25) is 0 Å². The summed E-state index contributed by atoms with van der Waals surface area (Å²) in [5.41, 5.74) is 12.6. The summed E-state index contributed by atoms with van der Waals surface area (Å²) in [5, 5.41) is 6.27. The van der Waals surface area contributed by atoms with Gasteiger partial charge in [0.15, 0.2) is 5.82 Å². The van der Waals surface area contributed by atoms with Gasteiger partial charge in [0.2, 0.25) is 5.91 Å². The molecular formula is C31H36Cl2N6O2. The number of anilines is 2. The Hall–Kier alpha value is -3.88. The third-order valence-electron chi connectivity index (χ3n) is 7.46. The minimum absolute atomic E-state index is 0. The van der Waals surface area contributed by atoms with E-state index in [0.717, 1.165) is 28.1 Å². The number of hydrogen-bond acceptors (Lipinski definition) is 6. The number of nitrogen functional groups attached to an aromatic ring is 1. The molecule has 1 aliphatic rings. The highest BCUT2D eigenvalue weighted by molar-refractivity contribution is 5.85. The van der Waals surface area contributed by atoms with E-state index in [2.05, 4.69) is 83.0 Å². The van der Waals surface area contributed by atoms with E-state index in [1.165, 1.54) is 11.1 Å². The van der Waals surface area contributed by atoms with Crippen LogP contribution in [0.4, 0.5) is 11.6 Å². The Balaban J connectivity index is 0.00000231. The first-order valence-corrected chi connectivity index (χ1v) is 13.3. The minimum Gasteiger partial charge on any atom is -0.384 e. The molecular weight excluding hydrogens is 559 g/mol. The average molecular weight is 596 g/mol. The van der Waals surface area contributed by atoms with Crippen LogP contribution >= 0.6 is 24.8 Å². The van der Waals surface area contributed by atoms with Crippen molar-refractivity contribution in [3.8, 4) is 0 Å². The van der Waals surface area contributed by atoms with Crippen molar-refractivity contribution in [1.82, 2.24) is 19.9 Å². The molecule has 1 aliphatic heterocycles. The van der Waals surface area contributed by atoms with E-state index in [0.29, 0.717) is 31.7 Å². The van der Waals surface area contributed by atoms with Crippen LogP contribution in [0.25, 0.3) is 0 Å². The number of benzene rings is 2. The second-order valence-corrected chi connectivity index (χ2v) is 10.3. The van der Waals surface area contributed by atoms with Crippen molar-refractivity contribution >= 4 is 42.4 Å². The number of nitrogens with one attached hydrogen (secondary N) is 2. The van der Waals surface area contributed by atoms with Gasteiger partial charge in [-0.25, -0.2) is 9.97 Å². The Morgan fingerprint density at radius 2 is 1.59 bits per heavy atom. The number of aromatic nitrogens is 3. The molecule has 0 aliphatic carbocycles. The van der Waals surface area contributed by atoms with Gasteiger partial charge in [0, 0.05) is 36.6 Å². The zero-order valence-electron chi connectivity index (χ0n) is 23.4. The number of nitrogens with two attached hydrogens (primary N) is 1. The molecule has 0 saturated heterocycles. The number of amides is 1. The molecule has 1 atom stereocenters. The molecule has 5 rings (SSSR count). The molecule has 0 unspecified atom stereocenters. The van der Waals surface area contributed by atoms with Crippen molar-refractivity contribution in [2.75, 3.05) is 17.6 Å². The molecule has 2 aromatic carbocycles. The highest BCUT2D eigenvalue weighted by Crippen LogP contribution is 2.27. The maximum absolute atomic E-state index is 13.6. The molecule has 8 nitrogen and oxygen atoms in total. The van der Waals surface area contributed by atoms with E-state index in [4.69, 9.17) is 5.73 Å². The summed E-state index contributed by atoms with van der Waals surface area (Å²) in [5.74, 6) is 0.530. The second kappa shape index (κ2) is 13.7. The lowest BCUT2D eigenvalue weighted by Crippen LogP contribution is -2.36. The summed E-state index contributed by atoms with van der Waals surface area (Å²) in [6.07, 6.45) is 2.89. The number of pyridine rings is 1. The van der Waals surface area contributed by atoms with Crippen molar-refractivity contribution in [2.24, 2.45) is 0 Å². The summed E-state index contributed by atoms with van der Waals surface area (Å²) in [7, 11) is 0. The van der Waals surface area contributed by atoms with Crippen molar-refractivity contribution in [2.45, 2.75) is 52.1 Å². The smallest absolute Gasteiger partial charge is 0.294 e. The lowest BCUT2D eigenvalue weighted by molar-refractivity contribution is -0.124. The predicted molar refractivity (Wildman–Crippen MR) is 168 cm³/mol. The Morgan fingerprint density at radius 1 is 0.976 bits per heavy atom. The van der Waals surface area contributed by atoms with Gasteiger partial charge in [0.05, 0.1) is 0 Å². The number of hydrogen-bond donors (Lipinski definition) is 3. The van der Waals surface area contributed by atoms with Gasteiger partial charge < -0.3 is 16.4 Å². The minimum atomic E-state index is -0.580. The summed E-state index contributed by atoms with van der Waals surface area (Å²) in [4.78, 5) is 35.4. The fourth-order valence-corrected chi connectivity index (χ4v) is 5.13. The van der Waals surface area contributed by atoms with Crippen LogP contribution in [0.5, 0.6) is 0 Å². The maximum Gasteiger partial charge on any atom is 0.294 e. The van der Waals surface area contributed by atoms with Gasteiger partial charge >= 0.3 is 0 Å². The topological polar surface area (TPSA) is 115 Å². The van der Waals surface area contributed by atoms with Gasteiger partial charge in [-0.15, -0.1) is 24.8 Å². The third-order valence-corrected chi connectivity index (χ3v) is 7.46. The molecule has 4 aromatic rings. The molecule has 0 saturated carbocycles. The fraction of sp³-hybridized carbons (Fsp3) is 0.290. The first-order valence-electron chi connectivity index (χ1n) is 13.3. The van der Waals surface area contributed by atoms with Gasteiger partial charge in [0.1, 0.15) is 11.9 Å². The van der Waals surface area contributed by atoms with E-state index >= 15 is 0 Å². The number of carbonyl (C=O) groups is 1. The Kier molecular flexibility index (Phi) is 10.5. The normalized spacial score (nSPS) is 13.6. The highest BCUT2D eigenvalue weighted by Gasteiger charge is 2.30. The summed E-state index contributed by atoms with van der Waals surface area (Å²) in [6, 6.07) is 19.9. The van der Waals surface area contributed by atoms with Crippen LogP contribution in [-0.2, 0) is 17.8 Å². The zero-order chi connectivity index (χ0) is 27.5. The lowest BCUT2D eigenvalue weighted by atomic mass is 9.90. The van der Waals surface area contributed by atoms with Gasteiger partial charge in [-0.2, -0.15) is 0 Å². The van der Waals surface area contributed by atoms with Crippen molar-refractivity contribution in [1.29, 1.82) is 0 Å². The largest absolute Gasteiger partial charge is 0.384 e. The molecule has 10 heteroatoms. The van der Waals surface area contributed by atoms with Crippen LogP contribution in [0.1, 0.15) is 57.6 Å². The first kappa shape index (κ1) is 31.6. The molecule has 1 amide bonds. The maximum atomic E-state index is 13.6. The fourth-order valence-electron chi connectivity index (χ4n) is 5.13. The van der Waals surface area contributed by atoms with Gasteiger partial charge in [-0.3, -0.25) is 14.2 Å². The monoisotopic (exact) mass is 594 g/mol. The average Bonchev–Trinajstić information content (AvgIpc) is 3.36. The second-order valence-electron chi connectivity index (χ2n) is 10.3. The molecule has 4 N–H and O–H groups in total. The summed E-state index contributed by atoms with van der Waals surface area (Å²) in [6.45, 7) is 6.81. The van der Waals surface area contributed by atoms with E-state index in [-0.39, 0.29) is 48.0 Å². The number of aryl methyl sites for hydroxylation is 4. The number of carbonyl (C=O) groups excluding carboxylic acids is 1. The van der Waals surface area contributed by atoms with E-state index < -0.39 is 6.04 Å². The quantitative estimate of drug-likeness (QED) is 0.263. The Labute approximate surface area is 252 Å². The lowest BCUT2D eigenvalue weighted by Gasteiger charge is -2.20. The SMILES string of the molecule is Cc1ccc(C(CNc2ncc3n(c2=O)[C@H](C(=O)NCc2ccc(N)nc2C)CC3)c2ccc(C)cc2)cc1.Cl.Cl. The molecule has 0 fully saturated rings. The molecule has 41 heavy (non-hydrogen) atoms. The first-order chi connectivity index (χ1) is 18.8. The Morgan fingerprint density at radius 3 is 2.17 bits per heavy atom. The van der Waals surface area contributed by atoms with E-state index in [1.807, 2.05) is 13.0 Å². The molecule has 0 radical (unpaired) electrons. The molecule has 0 bridgehead atoms. The van der Waals surface area contributed by atoms with Crippen molar-refractivity contribution < 1.29 is 4.79 Å². The van der Waals surface area contributed by atoms with Gasteiger partial charge in [0.25, 0.3) is 5.56 Å². The molecule has 3 heterocycles. The van der Waals surface area contributed by atoms with Crippen LogP contribution in [0.15, 0.2) is 71.7 Å². The number of rotatable bonds is 8. The van der Waals surface area contributed by atoms with Crippen LogP contribution in [-0.4, -0.2) is 27.0 Å². The number of nitrogens with zero attached hydrogens (tertiary/aromatic N) is 3. The standard InChI is InChI=1S/C31H34N6O2.2ClH/c1-19-4-8-22(9-5-19)26(23-10-6-20(2)7-11-23)18-34-29-31(39)37-25(17-33-29)13-14-27(37)30(38)35-16-24-12-15-28(32)36-21(24)3;;/h4-12,15,17,26-27H,13-14,16,18H2,1-3H3,(H2,32,36)(H,33,34)(H,35,38);2*1H/t27-;;/m0../s1. The van der Waals surface area contributed by atoms with E-state index in [9.17, 15) is 9.59 Å². The summed E-state index contributed by atoms with van der Waals surface area (Å²) >= 11 is 0.